The molecule has 1 fully saturated rings. The molecule has 1 aliphatic heterocycles. The maximum Gasteiger partial charge on any atom is 0.234 e. The Balaban J connectivity index is 2.12. The summed E-state index contributed by atoms with van der Waals surface area (Å²) in [5.74, 6) is 0.705. The first-order valence-corrected chi connectivity index (χ1v) is 6.30. The highest BCUT2D eigenvalue weighted by atomic mass is 16.2. The van der Waals surface area contributed by atoms with Crippen molar-refractivity contribution in [3.63, 3.8) is 0 Å². The van der Waals surface area contributed by atoms with Crippen LogP contribution in [0.15, 0.2) is 0 Å². The number of carbonyl (C=O) groups excluding carboxylic acids is 2. The lowest BCUT2D eigenvalue weighted by Crippen LogP contribution is -2.49. The molecule has 1 rings (SSSR count). The summed E-state index contributed by atoms with van der Waals surface area (Å²) in [6.07, 6.45) is 1.89. The number of piperazine rings is 1. The minimum Gasteiger partial charge on any atom is -0.355 e. The smallest absolute Gasteiger partial charge is 0.234 e. The van der Waals surface area contributed by atoms with Crippen LogP contribution < -0.4 is 5.32 Å². The van der Waals surface area contributed by atoms with E-state index in [9.17, 15) is 9.59 Å². The van der Waals surface area contributed by atoms with Crippen LogP contribution >= 0.6 is 0 Å². The minimum absolute atomic E-state index is 0.0882. The molecule has 0 aliphatic carbocycles. The van der Waals surface area contributed by atoms with Crippen molar-refractivity contribution in [1.82, 2.24) is 15.1 Å². The summed E-state index contributed by atoms with van der Waals surface area (Å²) < 4.78 is 0. The van der Waals surface area contributed by atoms with E-state index < -0.39 is 0 Å². The molecule has 5 heteroatoms. The van der Waals surface area contributed by atoms with Crippen molar-refractivity contribution in [3.8, 4) is 0 Å². The average Bonchev–Trinajstić information content (AvgIpc) is 2.29. The first-order chi connectivity index (χ1) is 8.11. The molecule has 0 aromatic heterocycles. The van der Waals surface area contributed by atoms with Gasteiger partial charge in [0, 0.05) is 32.7 Å². The summed E-state index contributed by atoms with van der Waals surface area (Å²) in [4.78, 5) is 26.0. The quantitative estimate of drug-likeness (QED) is 0.662. The average molecular weight is 241 g/mol. The zero-order chi connectivity index (χ0) is 12.7. The van der Waals surface area contributed by atoms with E-state index in [-0.39, 0.29) is 5.91 Å². The maximum absolute atomic E-state index is 11.6. The third-order valence-corrected chi connectivity index (χ3v) is 2.97. The number of carbonyl (C=O) groups is 2. The summed E-state index contributed by atoms with van der Waals surface area (Å²) >= 11 is 0. The van der Waals surface area contributed by atoms with Crippen molar-refractivity contribution >= 4 is 12.3 Å². The molecular weight excluding hydrogens is 218 g/mol. The molecule has 1 saturated heterocycles. The summed E-state index contributed by atoms with van der Waals surface area (Å²) in [6, 6.07) is 0. The largest absolute Gasteiger partial charge is 0.355 e. The second-order valence-electron chi connectivity index (χ2n) is 4.95. The van der Waals surface area contributed by atoms with E-state index in [1.807, 2.05) is 0 Å². The van der Waals surface area contributed by atoms with E-state index in [0.29, 0.717) is 12.5 Å². The molecule has 1 aliphatic rings. The monoisotopic (exact) mass is 241 g/mol. The van der Waals surface area contributed by atoms with Gasteiger partial charge in [0.2, 0.25) is 12.3 Å². The normalized spacial score (nSPS) is 17.2. The Morgan fingerprint density at radius 1 is 1.29 bits per heavy atom. The summed E-state index contributed by atoms with van der Waals surface area (Å²) in [5.41, 5.74) is 0. The second kappa shape index (κ2) is 7.27. The van der Waals surface area contributed by atoms with Gasteiger partial charge in [-0.05, 0) is 12.3 Å². The number of hydrogen-bond acceptors (Lipinski definition) is 3. The molecule has 1 heterocycles. The van der Waals surface area contributed by atoms with E-state index in [1.165, 1.54) is 0 Å². The molecule has 0 bridgehead atoms. The fourth-order valence-electron chi connectivity index (χ4n) is 1.79. The highest BCUT2D eigenvalue weighted by Crippen LogP contribution is 1.99. The molecule has 0 spiro atoms. The van der Waals surface area contributed by atoms with Gasteiger partial charge in [-0.25, -0.2) is 0 Å². The molecule has 0 unspecified atom stereocenters. The first kappa shape index (κ1) is 14.0. The van der Waals surface area contributed by atoms with Crippen LogP contribution in [-0.4, -0.2) is 61.4 Å². The molecule has 0 radical (unpaired) electrons. The zero-order valence-corrected chi connectivity index (χ0v) is 10.8. The molecule has 0 aromatic rings. The summed E-state index contributed by atoms with van der Waals surface area (Å²) in [6.45, 7) is 8.52. The van der Waals surface area contributed by atoms with Crippen LogP contribution in [0.1, 0.15) is 20.3 Å². The van der Waals surface area contributed by atoms with Gasteiger partial charge in [0.15, 0.2) is 0 Å². The molecule has 0 atom stereocenters. The lowest BCUT2D eigenvalue weighted by molar-refractivity contribution is -0.123. The first-order valence-electron chi connectivity index (χ1n) is 6.30. The molecule has 0 aromatic carbocycles. The lowest BCUT2D eigenvalue weighted by Gasteiger charge is -2.31. The lowest BCUT2D eigenvalue weighted by atomic mass is 10.1. The van der Waals surface area contributed by atoms with Crippen molar-refractivity contribution in [2.75, 3.05) is 39.3 Å². The standard InChI is InChI=1S/C12H23N3O2/c1-11(2)3-4-13-12(17)9-14-5-7-15(10-16)8-6-14/h10-11H,3-9H2,1-2H3,(H,13,17). The van der Waals surface area contributed by atoms with E-state index in [0.717, 1.165) is 45.6 Å². The molecule has 98 valence electrons. The van der Waals surface area contributed by atoms with Crippen LogP contribution in [0, 0.1) is 5.92 Å². The highest BCUT2D eigenvalue weighted by molar-refractivity contribution is 5.78. The number of rotatable bonds is 6. The Bertz CT molecular complexity index is 248. The Morgan fingerprint density at radius 2 is 1.94 bits per heavy atom. The Hall–Kier alpha value is -1.10. The topological polar surface area (TPSA) is 52.7 Å². The van der Waals surface area contributed by atoms with Crippen LogP contribution in [0.5, 0.6) is 0 Å². The summed E-state index contributed by atoms with van der Waals surface area (Å²) in [7, 11) is 0. The van der Waals surface area contributed by atoms with Crippen LogP contribution in [0.4, 0.5) is 0 Å². The number of nitrogens with one attached hydrogen (secondary N) is 1. The van der Waals surface area contributed by atoms with Gasteiger partial charge in [0.1, 0.15) is 0 Å². The second-order valence-corrected chi connectivity index (χ2v) is 4.95. The van der Waals surface area contributed by atoms with Crippen LogP contribution in [0.25, 0.3) is 0 Å². The molecule has 1 N–H and O–H groups in total. The van der Waals surface area contributed by atoms with E-state index in [4.69, 9.17) is 0 Å². The van der Waals surface area contributed by atoms with Gasteiger partial charge >= 0.3 is 0 Å². The van der Waals surface area contributed by atoms with Gasteiger partial charge < -0.3 is 10.2 Å². The molecule has 17 heavy (non-hydrogen) atoms. The van der Waals surface area contributed by atoms with E-state index >= 15 is 0 Å². The van der Waals surface area contributed by atoms with Gasteiger partial charge in [-0.15, -0.1) is 0 Å². The van der Waals surface area contributed by atoms with Crippen LogP contribution in [0.2, 0.25) is 0 Å². The van der Waals surface area contributed by atoms with Crippen LogP contribution in [0.3, 0.4) is 0 Å². The van der Waals surface area contributed by atoms with Crippen molar-refractivity contribution in [3.05, 3.63) is 0 Å². The Labute approximate surface area is 103 Å². The Kier molecular flexibility index (Phi) is 5.97. The van der Waals surface area contributed by atoms with Gasteiger partial charge in [-0.3, -0.25) is 14.5 Å². The van der Waals surface area contributed by atoms with E-state index in [1.54, 1.807) is 4.90 Å². The van der Waals surface area contributed by atoms with Crippen molar-refractivity contribution in [2.24, 2.45) is 5.92 Å². The SMILES string of the molecule is CC(C)CCNC(=O)CN1CCN(C=O)CC1. The Morgan fingerprint density at radius 3 is 2.47 bits per heavy atom. The fraction of sp³-hybridized carbons (Fsp3) is 0.833. The predicted molar refractivity (Wildman–Crippen MR) is 66.5 cm³/mol. The molecule has 5 nitrogen and oxygen atoms in total. The number of hydrogen-bond donors (Lipinski definition) is 1. The zero-order valence-electron chi connectivity index (χ0n) is 10.8. The van der Waals surface area contributed by atoms with Crippen LogP contribution in [-0.2, 0) is 9.59 Å². The van der Waals surface area contributed by atoms with E-state index in [2.05, 4.69) is 24.1 Å². The van der Waals surface area contributed by atoms with Gasteiger partial charge in [0.25, 0.3) is 0 Å². The molecule has 2 amide bonds. The third-order valence-electron chi connectivity index (χ3n) is 2.97. The summed E-state index contributed by atoms with van der Waals surface area (Å²) in [5, 5.41) is 2.92. The third kappa shape index (κ3) is 5.68. The number of amides is 2. The maximum atomic E-state index is 11.6. The van der Waals surface area contributed by atoms with Crippen molar-refractivity contribution in [2.45, 2.75) is 20.3 Å². The van der Waals surface area contributed by atoms with Gasteiger partial charge in [-0.1, -0.05) is 13.8 Å². The van der Waals surface area contributed by atoms with Gasteiger partial charge in [0.05, 0.1) is 6.54 Å². The highest BCUT2D eigenvalue weighted by Gasteiger charge is 2.17. The van der Waals surface area contributed by atoms with Crippen molar-refractivity contribution in [1.29, 1.82) is 0 Å². The predicted octanol–water partition coefficient (Wildman–Crippen LogP) is -0.0773. The number of nitrogens with zero attached hydrogens (tertiary/aromatic N) is 2. The fourth-order valence-corrected chi connectivity index (χ4v) is 1.79. The van der Waals surface area contributed by atoms with Gasteiger partial charge in [-0.2, -0.15) is 0 Å². The van der Waals surface area contributed by atoms with Crippen molar-refractivity contribution < 1.29 is 9.59 Å². The molecular formula is C12H23N3O2. The minimum atomic E-state index is 0.0882. The molecule has 0 saturated carbocycles.